The normalized spacial score (nSPS) is 21.2. The van der Waals surface area contributed by atoms with Crippen molar-refractivity contribution in [1.29, 1.82) is 0 Å². The molecular formula is C20H18N4O4. The van der Waals surface area contributed by atoms with Crippen LogP contribution in [0.4, 0.5) is 4.79 Å². The van der Waals surface area contributed by atoms with Gasteiger partial charge in [0, 0.05) is 0 Å². The van der Waals surface area contributed by atoms with Crippen LogP contribution in [0.3, 0.4) is 0 Å². The third-order valence-corrected chi connectivity index (χ3v) is 5.44. The average Bonchev–Trinajstić information content (AvgIpc) is 3.47. The van der Waals surface area contributed by atoms with Crippen LogP contribution in [0.2, 0.25) is 0 Å². The molecule has 0 bridgehead atoms. The maximum atomic E-state index is 13.1. The van der Waals surface area contributed by atoms with Crippen LogP contribution in [0, 0.1) is 0 Å². The van der Waals surface area contributed by atoms with E-state index in [1.165, 1.54) is 17.4 Å². The largest absolute Gasteiger partial charge is 0.459 e. The van der Waals surface area contributed by atoms with Crippen molar-refractivity contribution in [1.82, 2.24) is 20.4 Å². The standard InChI is InChI=1S/C20H18N4O4/c1-20(14-8-7-12-4-2-5-13(12)10-14)18(25)24(19(26)21-20)11-16-22-23-17(28-16)15-6-3-9-27-15/h3,6-10H,2,4-5,11H2,1H3,(H,21,26). The van der Waals surface area contributed by atoms with Crippen LogP contribution in [0.25, 0.3) is 11.7 Å². The van der Waals surface area contributed by atoms with Gasteiger partial charge in [-0.25, -0.2) is 4.79 Å². The molecule has 3 heterocycles. The highest BCUT2D eigenvalue weighted by molar-refractivity contribution is 6.07. The molecule has 3 aromatic rings. The number of aryl methyl sites for hydroxylation is 2. The molecule has 2 aliphatic rings. The number of hydrogen-bond acceptors (Lipinski definition) is 6. The van der Waals surface area contributed by atoms with E-state index in [1.54, 1.807) is 19.1 Å². The minimum absolute atomic E-state index is 0.0983. The van der Waals surface area contributed by atoms with Crippen molar-refractivity contribution < 1.29 is 18.4 Å². The average molecular weight is 378 g/mol. The predicted molar refractivity (Wildman–Crippen MR) is 96.9 cm³/mol. The van der Waals surface area contributed by atoms with Gasteiger partial charge in [-0.05, 0) is 55.0 Å². The summed E-state index contributed by atoms with van der Waals surface area (Å²) in [5, 5.41) is 10.6. The van der Waals surface area contributed by atoms with Gasteiger partial charge in [0.1, 0.15) is 12.1 Å². The number of carbonyl (C=O) groups excluding carboxylic acids is 2. The van der Waals surface area contributed by atoms with Gasteiger partial charge < -0.3 is 14.2 Å². The summed E-state index contributed by atoms with van der Waals surface area (Å²) in [5.74, 6) is 0.452. The van der Waals surface area contributed by atoms with Gasteiger partial charge >= 0.3 is 6.03 Å². The number of nitrogens with zero attached hydrogens (tertiary/aromatic N) is 3. The zero-order chi connectivity index (χ0) is 19.3. The van der Waals surface area contributed by atoms with Crippen molar-refractivity contribution in [3.05, 3.63) is 59.2 Å². The Morgan fingerprint density at radius 3 is 2.86 bits per heavy atom. The summed E-state index contributed by atoms with van der Waals surface area (Å²) < 4.78 is 10.7. The second-order valence-corrected chi connectivity index (χ2v) is 7.26. The Kier molecular flexibility index (Phi) is 3.61. The minimum atomic E-state index is -1.11. The third kappa shape index (κ3) is 2.52. The molecule has 0 saturated carbocycles. The molecule has 8 nitrogen and oxygen atoms in total. The number of amides is 3. The number of rotatable bonds is 4. The Morgan fingerprint density at radius 1 is 1.18 bits per heavy atom. The van der Waals surface area contributed by atoms with Crippen molar-refractivity contribution in [2.75, 3.05) is 0 Å². The van der Waals surface area contributed by atoms with Crippen molar-refractivity contribution in [3.63, 3.8) is 0 Å². The van der Waals surface area contributed by atoms with Gasteiger partial charge in [0.05, 0.1) is 6.26 Å². The van der Waals surface area contributed by atoms with Gasteiger partial charge in [-0.15, -0.1) is 10.2 Å². The number of imide groups is 1. The number of fused-ring (bicyclic) bond motifs is 1. The highest BCUT2D eigenvalue weighted by atomic mass is 16.4. The first-order valence-electron chi connectivity index (χ1n) is 9.17. The molecule has 1 unspecified atom stereocenters. The van der Waals surface area contributed by atoms with E-state index in [2.05, 4.69) is 21.6 Å². The fourth-order valence-corrected chi connectivity index (χ4v) is 3.87. The smallest absolute Gasteiger partial charge is 0.325 e. The lowest BCUT2D eigenvalue weighted by atomic mass is 9.90. The molecule has 1 aliphatic heterocycles. The first-order valence-corrected chi connectivity index (χ1v) is 9.17. The van der Waals surface area contributed by atoms with Gasteiger partial charge in [0.15, 0.2) is 5.76 Å². The van der Waals surface area contributed by atoms with Crippen LogP contribution >= 0.6 is 0 Å². The molecular weight excluding hydrogens is 360 g/mol. The van der Waals surface area contributed by atoms with Crippen molar-refractivity contribution in [2.24, 2.45) is 0 Å². The lowest BCUT2D eigenvalue weighted by molar-refractivity contribution is -0.131. The Hall–Kier alpha value is -3.42. The van der Waals surface area contributed by atoms with Gasteiger partial charge in [0.2, 0.25) is 5.89 Å². The van der Waals surface area contributed by atoms with E-state index in [1.807, 2.05) is 12.1 Å². The molecule has 5 rings (SSSR count). The molecule has 8 heteroatoms. The highest BCUT2D eigenvalue weighted by Crippen LogP contribution is 2.33. The number of aromatic nitrogens is 2. The highest BCUT2D eigenvalue weighted by Gasteiger charge is 2.49. The van der Waals surface area contributed by atoms with Crippen LogP contribution < -0.4 is 5.32 Å². The number of urea groups is 1. The maximum absolute atomic E-state index is 13.1. The van der Waals surface area contributed by atoms with Crippen molar-refractivity contribution in [3.8, 4) is 11.7 Å². The Labute approximate surface area is 160 Å². The zero-order valence-corrected chi connectivity index (χ0v) is 15.3. The molecule has 0 spiro atoms. The molecule has 3 amide bonds. The molecule has 28 heavy (non-hydrogen) atoms. The molecule has 2 aromatic heterocycles. The van der Waals surface area contributed by atoms with Crippen molar-refractivity contribution >= 4 is 11.9 Å². The van der Waals surface area contributed by atoms with Crippen LogP contribution in [-0.4, -0.2) is 27.0 Å². The molecule has 1 fully saturated rings. The molecule has 1 atom stereocenters. The fourth-order valence-electron chi connectivity index (χ4n) is 3.87. The lowest BCUT2D eigenvalue weighted by Crippen LogP contribution is -2.41. The summed E-state index contributed by atoms with van der Waals surface area (Å²) in [6, 6.07) is 8.93. The van der Waals surface area contributed by atoms with E-state index in [4.69, 9.17) is 8.83 Å². The van der Waals surface area contributed by atoms with Gasteiger partial charge in [-0.3, -0.25) is 9.69 Å². The summed E-state index contributed by atoms with van der Waals surface area (Å²) in [6.07, 6.45) is 4.69. The first-order chi connectivity index (χ1) is 13.5. The van der Waals surface area contributed by atoms with E-state index < -0.39 is 11.6 Å². The van der Waals surface area contributed by atoms with E-state index in [-0.39, 0.29) is 24.2 Å². The minimum Gasteiger partial charge on any atom is -0.459 e. The van der Waals surface area contributed by atoms with E-state index in [0.29, 0.717) is 5.76 Å². The molecule has 142 valence electrons. The Balaban J connectivity index is 1.40. The third-order valence-electron chi connectivity index (χ3n) is 5.44. The summed E-state index contributed by atoms with van der Waals surface area (Å²) in [5.41, 5.74) is 2.24. The van der Waals surface area contributed by atoms with Gasteiger partial charge in [-0.2, -0.15) is 0 Å². The fraction of sp³-hybridized carbons (Fsp3) is 0.300. The number of furan rings is 1. The monoisotopic (exact) mass is 378 g/mol. The number of nitrogens with one attached hydrogen (secondary N) is 1. The summed E-state index contributed by atoms with van der Waals surface area (Å²) in [7, 11) is 0. The first kappa shape index (κ1) is 16.7. The maximum Gasteiger partial charge on any atom is 0.325 e. The van der Waals surface area contributed by atoms with Crippen molar-refractivity contribution in [2.45, 2.75) is 38.3 Å². The Bertz CT molecular complexity index is 1070. The van der Waals surface area contributed by atoms with Crippen LogP contribution in [-0.2, 0) is 29.7 Å². The molecule has 0 radical (unpaired) electrons. The summed E-state index contributed by atoms with van der Waals surface area (Å²) >= 11 is 0. The number of benzene rings is 1. The van der Waals surface area contributed by atoms with Crippen LogP contribution in [0.5, 0.6) is 0 Å². The molecule has 1 N–H and O–H groups in total. The Morgan fingerprint density at radius 2 is 2.04 bits per heavy atom. The summed E-state index contributed by atoms with van der Waals surface area (Å²) in [4.78, 5) is 26.7. The topological polar surface area (TPSA) is 101 Å². The molecule has 1 aliphatic carbocycles. The van der Waals surface area contributed by atoms with Crippen LogP contribution in [0.1, 0.15) is 35.9 Å². The van der Waals surface area contributed by atoms with E-state index in [9.17, 15) is 9.59 Å². The summed E-state index contributed by atoms with van der Waals surface area (Å²) in [6.45, 7) is 1.63. The van der Waals surface area contributed by atoms with E-state index in [0.717, 1.165) is 29.7 Å². The SMILES string of the molecule is CC1(c2ccc3c(c2)CCC3)NC(=O)N(Cc2nnc(-c3ccco3)o2)C1=O. The molecule has 1 saturated heterocycles. The number of hydrogen-bond donors (Lipinski definition) is 1. The zero-order valence-electron chi connectivity index (χ0n) is 15.3. The van der Waals surface area contributed by atoms with Gasteiger partial charge in [0.25, 0.3) is 11.8 Å². The van der Waals surface area contributed by atoms with E-state index >= 15 is 0 Å². The lowest BCUT2D eigenvalue weighted by Gasteiger charge is -2.23. The second-order valence-electron chi connectivity index (χ2n) is 7.26. The predicted octanol–water partition coefficient (Wildman–Crippen LogP) is 2.79. The number of carbonyl (C=O) groups is 2. The quantitative estimate of drug-likeness (QED) is 0.701. The van der Waals surface area contributed by atoms with Crippen LogP contribution in [0.15, 0.2) is 45.4 Å². The van der Waals surface area contributed by atoms with Gasteiger partial charge in [-0.1, -0.05) is 18.2 Å². The second kappa shape index (κ2) is 6.05. The molecule has 1 aromatic carbocycles.